The first-order valence-electron chi connectivity index (χ1n) is 12.0. The van der Waals surface area contributed by atoms with Crippen molar-refractivity contribution in [1.82, 2.24) is 24.6 Å². The Morgan fingerprint density at radius 3 is 2.18 bits per heavy atom. The van der Waals surface area contributed by atoms with Crippen LogP contribution in [0.15, 0.2) is 59.8 Å². The number of carbonyl (C=O) groups excluding carboxylic acids is 2. The maximum atomic E-state index is 12.5. The SMILES string of the molecule is O=C1c2ccccc2C(=O)N1CCCCSc1nnc(CN2CCCC2)n1Cc1ccccc1. The number of rotatable bonds is 10. The van der Waals surface area contributed by atoms with E-state index in [0.29, 0.717) is 17.7 Å². The smallest absolute Gasteiger partial charge is 0.261 e. The lowest BCUT2D eigenvalue weighted by Crippen LogP contribution is -2.30. The molecule has 1 aromatic heterocycles. The number of likely N-dealkylation sites (tertiary alicyclic amines) is 1. The van der Waals surface area contributed by atoms with Crippen molar-refractivity contribution < 1.29 is 9.59 Å². The molecule has 3 heterocycles. The Morgan fingerprint density at radius 1 is 0.794 bits per heavy atom. The van der Waals surface area contributed by atoms with Gasteiger partial charge in [0.05, 0.1) is 24.2 Å². The zero-order valence-corrected chi connectivity index (χ0v) is 20.0. The Kier molecular flexibility index (Phi) is 7.06. The molecule has 1 saturated heterocycles. The van der Waals surface area contributed by atoms with E-state index in [1.54, 1.807) is 36.0 Å². The average Bonchev–Trinajstić information content (AvgIpc) is 3.57. The fourth-order valence-electron chi connectivity index (χ4n) is 4.59. The van der Waals surface area contributed by atoms with Crippen LogP contribution in [0, 0.1) is 0 Å². The number of aromatic nitrogens is 3. The molecule has 0 aliphatic carbocycles. The summed E-state index contributed by atoms with van der Waals surface area (Å²) in [7, 11) is 0. The molecular weight excluding hydrogens is 446 g/mol. The molecule has 2 aromatic carbocycles. The van der Waals surface area contributed by atoms with Crippen LogP contribution < -0.4 is 0 Å². The summed E-state index contributed by atoms with van der Waals surface area (Å²) in [6.45, 7) is 4.29. The Balaban J connectivity index is 1.18. The maximum Gasteiger partial charge on any atom is 0.261 e. The Hall–Kier alpha value is -2.97. The van der Waals surface area contributed by atoms with Crippen LogP contribution in [-0.2, 0) is 13.1 Å². The lowest BCUT2D eigenvalue weighted by Gasteiger charge is -2.16. The van der Waals surface area contributed by atoms with E-state index < -0.39 is 0 Å². The second kappa shape index (κ2) is 10.5. The van der Waals surface area contributed by atoms with E-state index in [4.69, 9.17) is 0 Å². The number of benzene rings is 2. The average molecular weight is 476 g/mol. The van der Waals surface area contributed by atoms with Gasteiger partial charge in [0.15, 0.2) is 5.16 Å². The molecule has 7 nitrogen and oxygen atoms in total. The van der Waals surface area contributed by atoms with Gasteiger partial charge in [0.25, 0.3) is 11.8 Å². The number of hydrogen-bond donors (Lipinski definition) is 0. The first-order chi connectivity index (χ1) is 16.7. The number of thioether (sulfide) groups is 1. The highest BCUT2D eigenvalue weighted by Gasteiger charge is 2.34. The molecule has 0 radical (unpaired) electrons. The summed E-state index contributed by atoms with van der Waals surface area (Å²) in [4.78, 5) is 28.9. The Morgan fingerprint density at radius 2 is 1.47 bits per heavy atom. The van der Waals surface area contributed by atoms with E-state index in [1.165, 1.54) is 23.3 Å². The molecule has 2 amide bonds. The second-order valence-electron chi connectivity index (χ2n) is 8.82. The summed E-state index contributed by atoms with van der Waals surface area (Å²) in [5.41, 5.74) is 2.26. The van der Waals surface area contributed by atoms with E-state index >= 15 is 0 Å². The van der Waals surface area contributed by atoms with Crippen molar-refractivity contribution >= 4 is 23.6 Å². The lowest BCUT2D eigenvalue weighted by molar-refractivity contribution is 0.0652. The minimum atomic E-state index is -0.178. The largest absolute Gasteiger partial charge is 0.300 e. The van der Waals surface area contributed by atoms with Crippen molar-refractivity contribution in [1.29, 1.82) is 0 Å². The van der Waals surface area contributed by atoms with Gasteiger partial charge in [-0.1, -0.05) is 54.2 Å². The van der Waals surface area contributed by atoms with Gasteiger partial charge in [0.1, 0.15) is 5.82 Å². The fourth-order valence-corrected chi connectivity index (χ4v) is 5.54. The van der Waals surface area contributed by atoms with E-state index in [2.05, 4.69) is 43.9 Å². The monoisotopic (exact) mass is 475 g/mol. The highest BCUT2D eigenvalue weighted by Crippen LogP contribution is 2.24. The quantitative estimate of drug-likeness (QED) is 0.250. The van der Waals surface area contributed by atoms with Crippen LogP contribution in [0.4, 0.5) is 0 Å². The van der Waals surface area contributed by atoms with Gasteiger partial charge >= 0.3 is 0 Å². The van der Waals surface area contributed by atoms with Crippen LogP contribution >= 0.6 is 11.8 Å². The summed E-state index contributed by atoms with van der Waals surface area (Å²) in [6, 6.07) is 17.5. The molecule has 0 N–H and O–H groups in total. The van der Waals surface area contributed by atoms with Crippen molar-refractivity contribution in [3.05, 3.63) is 77.1 Å². The molecule has 0 atom stereocenters. The first-order valence-corrected chi connectivity index (χ1v) is 13.0. The van der Waals surface area contributed by atoms with Gasteiger partial charge in [-0.15, -0.1) is 10.2 Å². The third-order valence-corrected chi connectivity index (χ3v) is 7.48. The zero-order chi connectivity index (χ0) is 23.3. The number of nitrogens with zero attached hydrogens (tertiary/aromatic N) is 5. The van der Waals surface area contributed by atoms with Crippen molar-refractivity contribution in [2.75, 3.05) is 25.4 Å². The summed E-state index contributed by atoms with van der Waals surface area (Å²) in [6.07, 6.45) is 4.16. The van der Waals surface area contributed by atoms with E-state index in [0.717, 1.165) is 55.8 Å². The first kappa shape index (κ1) is 22.8. The van der Waals surface area contributed by atoms with Crippen LogP contribution in [0.1, 0.15) is 57.8 Å². The van der Waals surface area contributed by atoms with Crippen LogP contribution in [0.5, 0.6) is 0 Å². The number of imide groups is 1. The van der Waals surface area contributed by atoms with Crippen molar-refractivity contribution in [2.45, 2.75) is 43.9 Å². The molecule has 0 spiro atoms. The zero-order valence-electron chi connectivity index (χ0n) is 19.2. The molecule has 0 bridgehead atoms. The van der Waals surface area contributed by atoms with Gasteiger partial charge in [0.2, 0.25) is 0 Å². The Bertz CT molecular complexity index is 1120. The minimum Gasteiger partial charge on any atom is -0.300 e. The third kappa shape index (κ3) is 4.93. The molecule has 8 heteroatoms. The molecule has 1 fully saturated rings. The maximum absolute atomic E-state index is 12.5. The van der Waals surface area contributed by atoms with Crippen molar-refractivity contribution in [3.8, 4) is 0 Å². The number of unbranched alkanes of at least 4 members (excludes halogenated alkanes) is 1. The number of amides is 2. The van der Waals surface area contributed by atoms with Crippen LogP contribution in [0.25, 0.3) is 0 Å². The van der Waals surface area contributed by atoms with Gasteiger partial charge in [-0.2, -0.15) is 0 Å². The molecule has 0 unspecified atom stereocenters. The van der Waals surface area contributed by atoms with E-state index in [1.807, 2.05) is 6.07 Å². The minimum absolute atomic E-state index is 0.178. The van der Waals surface area contributed by atoms with Gasteiger partial charge in [-0.3, -0.25) is 19.4 Å². The van der Waals surface area contributed by atoms with E-state index in [-0.39, 0.29) is 11.8 Å². The molecule has 2 aliphatic heterocycles. The van der Waals surface area contributed by atoms with Crippen LogP contribution in [-0.4, -0.2) is 61.8 Å². The summed E-state index contributed by atoms with van der Waals surface area (Å²) in [5.74, 6) is 1.52. The summed E-state index contributed by atoms with van der Waals surface area (Å²) >= 11 is 1.70. The lowest BCUT2D eigenvalue weighted by atomic mass is 10.1. The van der Waals surface area contributed by atoms with Gasteiger partial charge < -0.3 is 4.57 Å². The van der Waals surface area contributed by atoms with Crippen LogP contribution in [0.2, 0.25) is 0 Å². The summed E-state index contributed by atoms with van der Waals surface area (Å²) < 4.78 is 2.24. The van der Waals surface area contributed by atoms with E-state index in [9.17, 15) is 9.59 Å². The normalized spacial score (nSPS) is 15.9. The molecule has 0 saturated carbocycles. The predicted octanol–water partition coefficient (Wildman–Crippen LogP) is 4.09. The highest BCUT2D eigenvalue weighted by atomic mass is 32.2. The molecule has 3 aromatic rings. The molecule has 34 heavy (non-hydrogen) atoms. The fraction of sp³-hybridized carbons (Fsp3) is 0.385. The number of carbonyl (C=O) groups is 2. The molecule has 176 valence electrons. The molecular formula is C26H29N5O2S. The van der Waals surface area contributed by atoms with Crippen LogP contribution in [0.3, 0.4) is 0 Å². The summed E-state index contributed by atoms with van der Waals surface area (Å²) in [5, 5.41) is 9.97. The molecule has 5 rings (SSSR count). The standard InChI is InChI=1S/C26H29N5O2S/c32-24-21-12-4-5-13-22(21)25(33)30(24)16-8-9-17-34-26-28-27-23(19-29-14-6-7-15-29)31(26)18-20-10-2-1-3-11-20/h1-5,10-13H,6-9,14-19H2. The number of hydrogen-bond acceptors (Lipinski definition) is 6. The number of fused-ring (bicyclic) bond motifs is 1. The Labute approximate surface area is 204 Å². The van der Waals surface area contributed by atoms with Crippen molar-refractivity contribution in [2.24, 2.45) is 0 Å². The highest BCUT2D eigenvalue weighted by molar-refractivity contribution is 7.99. The molecule has 2 aliphatic rings. The van der Waals surface area contributed by atoms with Crippen molar-refractivity contribution in [3.63, 3.8) is 0 Å². The van der Waals surface area contributed by atoms with Gasteiger partial charge in [0, 0.05) is 12.3 Å². The second-order valence-corrected chi connectivity index (χ2v) is 9.88. The van der Waals surface area contributed by atoms with Gasteiger partial charge in [-0.25, -0.2) is 0 Å². The predicted molar refractivity (Wildman–Crippen MR) is 132 cm³/mol. The topological polar surface area (TPSA) is 71.3 Å². The third-order valence-electron chi connectivity index (χ3n) is 6.43. The van der Waals surface area contributed by atoms with Gasteiger partial charge in [-0.05, 0) is 56.5 Å².